The normalized spacial score (nSPS) is 12.8. The molecule has 0 aliphatic rings. The maximum absolute atomic E-state index is 10.8. The monoisotopic (exact) mass is 241 g/mol. The van der Waals surface area contributed by atoms with Gasteiger partial charge in [0.25, 0.3) is 0 Å². The molecule has 3 N–H and O–H groups in total. The van der Waals surface area contributed by atoms with Gasteiger partial charge < -0.3 is 11.1 Å². The minimum atomic E-state index is -0.446. The molecule has 0 radical (unpaired) electrons. The van der Waals surface area contributed by atoms with Crippen LogP contribution in [0, 0.1) is 16.0 Å². The van der Waals surface area contributed by atoms with E-state index in [0.717, 1.165) is 6.42 Å². The maximum atomic E-state index is 10.8. The van der Waals surface area contributed by atoms with E-state index in [1.165, 1.54) is 10.9 Å². The summed E-state index contributed by atoms with van der Waals surface area (Å²) in [6.45, 7) is 4.58. The van der Waals surface area contributed by atoms with Crippen LogP contribution in [0.15, 0.2) is 6.20 Å². The molecule has 0 amide bonds. The van der Waals surface area contributed by atoms with Gasteiger partial charge in [0.2, 0.25) is 5.82 Å². The third-order valence-corrected chi connectivity index (χ3v) is 2.39. The van der Waals surface area contributed by atoms with Crippen molar-refractivity contribution in [2.45, 2.75) is 26.3 Å². The molecule has 1 unspecified atom stereocenters. The second-order valence-electron chi connectivity index (χ2n) is 4.50. The molecular formula is C10H19N5O2. The largest absolute Gasteiger partial charge is 0.359 e. The van der Waals surface area contributed by atoms with Crippen LogP contribution in [-0.2, 0) is 7.05 Å². The van der Waals surface area contributed by atoms with Gasteiger partial charge in [0.15, 0.2) is 0 Å². The summed E-state index contributed by atoms with van der Waals surface area (Å²) in [5.74, 6) is 0.757. The quantitative estimate of drug-likeness (QED) is 0.574. The minimum Gasteiger partial charge on any atom is -0.359 e. The van der Waals surface area contributed by atoms with Gasteiger partial charge in [-0.2, -0.15) is 0 Å². The lowest BCUT2D eigenvalue weighted by molar-refractivity contribution is -0.384. The average Bonchev–Trinajstić information content (AvgIpc) is 2.58. The molecule has 1 aromatic heterocycles. The third kappa shape index (κ3) is 3.70. The highest BCUT2D eigenvalue weighted by molar-refractivity contribution is 5.55. The Morgan fingerprint density at radius 2 is 2.29 bits per heavy atom. The average molecular weight is 241 g/mol. The van der Waals surface area contributed by atoms with Crippen LogP contribution in [0.1, 0.15) is 20.3 Å². The van der Waals surface area contributed by atoms with E-state index in [1.807, 2.05) is 0 Å². The van der Waals surface area contributed by atoms with Gasteiger partial charge in [0.05, 0.1) is 4.92 Å². The third-order valence-electron chi connectivity index (χ3n) is 2.39. The molecule has 0 saturated carbocycles. The van der Waals surface area contributed by atoms with Gasteiger partial charge >= 0.3 is 5.69 Å². The Labute approximate surface area is 100 Å². The van der Waals surface area contributed by atoms with E-state index in [-0.39, 0.29) is 17.5 Å². The summed E-state index contributed by atoms with van der Waals surface area (Å²) < 4.78 is 1.42. The van der Waals surface area contributed by atoms with Gasteiger partial charge in [-0.1, -0.05) is 13.8 Å². The van der Waals surface area contributed by atoms with Crippen molar-refractivity contribution in [2.75, 3.05) is 11.9 Å². The Kier molecular flexibility index (Phi) is 4.45. The summed E-state index contributed by atoms with van der Waals surface area (Å²) in [4.78, 5) is 10.4. The van der Waals surface area contributed by atoms with Gasteiger partial charge in [-0.25, -0.2) is 0 Å². The Bertz CT molecular complexity index is 388. The van der Waals surface area contributed by atoms with Crippen molar-refractivity contribution in [1.29, 1.82) is 0 Å². The minimum absolute atomic E-state index is 0.00333. The SMILES string of the molecule is CC(C)CC(CN)Nc1nn(C)cc1[N+](=O)[O-]. The number of nitro groups is 1. The number of aryl methyl sites for hydroxylation is 1. The van der Waals surface area contributed by atoms with Crippen LogP contribution in [0.2, 0.25) is 0 Å². The number of aromatic nitrogens is 2. The molecule has 1 heterocycles. The van der Waals surface area contributed by atoms with E-state index in [9.17, 15) is 10.1 Å². The molecule has 1 aromatic rings. The molecule has 0 fully saturated rings. The van der Waals surface area contributed by atoms with Crippen LogP contribution >= 0.6 is 0 Å². The van der Waals surface area contributed by atoms with Crippen molar-refractivity contribution in [1.82, 2.24) is 9.78 Å². The number of nitrogens with zero attached hydrogens (tertiary/aromatic N) is 3. The zero-order valence-electron chi connectivity index (χ0n) is 10.4. The van der Waals surface area contributed by atoms with Gasteiger partial charge in [-0.05, 0) is 12.3 Å². The van der Waals surface area contributed by atoms with Crippen LogP contribution in [0.4, 0.5) is 11.5 Å². The second-order valence-corrected chi connectivity index (χ2v) is 4.50. The summed E-state index contributed by atoms with van der Waals surface area (Å²) >= 11 is 0. The summed E-state index contributed by atoms with van der Waals surface area (Å²) in [6, 6.07) is 0.00333. The highest BCUT2D eigenvalue weighted by Crippen LogP contribution is 2.23. The number of rotatable bonds is 6. The van der Waals surface area contributed by atoms with E-state index in [0.29, 0.717) is 12.5 Å². The summed E-state index contributed by atoms with van der Waals surface area (Å²) in [7, 11) is 1.65. The predicted molar refractivity (Wildman–Crippen MR) is 65.8 cm³/mol. The van der Waals surface area contributed by atoms with Crippen LogP contribution in [-0.4, -0.2) is 27.3 Å². The molecule has 0 bridgehead atoms. The summed E-state index contributed by atoms with van der Waals surface area (Å²) in [5, 5.41) is 17.9. The van der Waals surface area contributed by atoms with Crippen molar-refractivity contribution in [2.24, 2.45) is 18.7 Å². The number of hydrogen-bond donors (Lipinski definition) is 2. The second kappa shape index (κ2) is 5.62. The van der Waals surface area contributed by atoms with Crippen LogP contribution in [0.3, 0.4) is 0 Å². The van der Waals surface area contributed by atoms with Crippen molar-refractivity contribution >= 4 is 11.5 Å². The maximum Gasteiger partial charge on any atom is 0.330 e. The van der Waals surface area contributed by atoms with E-state index in [4.69, 9.17) is 5.73 Å². The molecule has 0 aliphatic carbocycles. The van der Waals surface area contributed by atoms with Crippen LogP contribution < -0.4 is 11.1 Å². The Morgan fingerprint density at radius 1 is 1.65 bits per heavy atom. The van der Waals surface area contributed by atoms with Crippen molar-refractivity contribution in [3.63, 3.8) is 0 Å². The van der Waals surface area contributed by atoms with Gasteiger partial charge in [-0.15, -0.1) is 5.10 Å². The first-order valence-corrected chi connectivity index (χ1v) is 5.58. The first-order valence-electron chi connectivity index (χ1n) is 5.58. The van der Waals surface area contributed by atoms with E-state index < -0.39 is 4.92 Å². The van der Waals surface area contributed by atoms with E-state index >= 15 is 0 Å². The Morgan fingerprint density at radius 3 is 2.76 bits per heavy atom. The first-order chi connectivity index (χ1) is 7.93. The number of nitrogens with one attached hydrogen (secondary N) is 1. The fourth-order valence-corrected chi connectivity index (χ4v) is 1.69. The molecule has 1 atom stereocenters. The van der Waals surface area contributed by atoms with Crippen LogP contribution in [0.25, 0.3) is 0 Å². The topological polar surface area (TPSA) is 99.0 Å². The highest BCUT2D eigenvalue weighted by atomic mass is 16.6. The van der Waals surface area contributed by atoms with Gasteiger partial charge in [0, 0.05) is 19.6 Å². The lowest BCUT2D eigenvalue weighted by Crippen LogP contribution is -2.30. The van der Waals surface area contributed by atoms with Gasteiger partial charge in [-0.3, -0.25) is 14.8 Å². The Hall–Kier alpha value is -1.63. The summed E-state index contributed by atoms with van der Waals surface area (Å²) in [6.07, 6.45) is 2.23. The molecule has 17 heavy (non-hydrogen) atoms. The molecule has 96 valence electrons. The molecule has 0 aliphatic heterocycles. The lowest BCUT2D eigenvalue weighted by Gasteiger charge is -2.17. The van der Waals surface area contributed by atoms with Crippen molar-refractivity contribution in [3.8, 4) is 0 Å². The fourth-order valence-electron chi connectivity index (χ4n) is 1.69. The van der Waals surface area contributed by atoms with E-state index in [1.54, 1.807) is 7.05 Å². The molecular weight excluding hydrogens is 222 g/mol. The number of nitrogens with two attached hydrogens (primary N) is 1. The fraction of sp³-hybridized carbons (Fsp3) is 0.700. The zero-order valence-corrected chi connectivity index (χ0v) is 10.4. The highest BCUT2D eigenvalue weighted by Gasteiger charge is 2.21. The molecule has 0 aromatic carbocycles. The van der Waals surface area contributed by atoms with E-state index in [2.05, 4.69) is 24.3 Å². The molecule has 7 heteroatoms. The zero-order chi connectivity index (χ0) is 13.0. The van der Waals surface area contributed by atoms with Crippen molar-refractivity contribution < 1.29 is 4.92 Å². The number of hydrogen-bond acceptors (Lipinski definition) is 5. The predicted octanol–water partition coefficient (Wildman–Crippen LogP) is 1.11. The van der Waals surface area contributed by atoms with Crippen molar-refractivity contribution in [3.05, 3.63) is 16.3 Å². The van der Waals surface area contributed by atoms with Gasteiger partial charge in [0.1, 0.15) is 6.20 Å². The summed E-state index contributed by atoms with van der Waals surface area (Å²) in [5.41, 5.74) is 5.62. The molecule has 0 spiro atoms. The standard InChI is InChI=1S/C10H19N5O2/c1-7(2)4-8(5-11)12-10-9(15(16)17)6-14(3)13-10/h6-8H,4-5,11H2,1-3H3,(H,12,13). The molecule has 7 nitrogen and oxygen atoms in total. The molecule has 0 saturated heterocycles. The lowest BCUT2D eigenvalue weighted by atomic mass is 10.0. The first kappa shape index (κ1) is 13.4. The Balaban J connectivity index is 2.81. The number of anilines is 1. The van der Waals surface area contributed by atoms with Crippen LogP contribution in [0.5, 0.6) is 0 Å². The smallest absolute Gasteiger partial charge is 0.330 e. The molecule has 1 rings (SSSR count).